The van der Waals surface area contributed by atoms with Crippen LogP contribution in [0.2, 0.25) is 10.0 Å². The van der Waals surface area contributed by atoms with Gasteiger partial charge in [-0.05, 0) is 66.4 Å². The number of nitrogens with zero attached hydrogens (tertiary/aromatic N) is 3. The van der Waals surface area contributed by atoms with Gasteiger partial charge in [-0.3, -0.25) is 14.5 Å². The number of hydrogen-bond donors (Lipinski definition) is 2. The van der Waals surface area contributed by atoms with Crippen molar-refractivity contribution in [3.8, 4) is 0 Å². The molecule has 1 saturated heterocycles. The zero-order valence-electron chi connectivity index (χ0n) is 20.4. The van der Waals surface area contributed by atoms with Crippen molar-refractivity contribution in [2.45, 2.75) is 31.8 Å². The van der Waals surface area contributed by atoms with Gasteiger partial charge in [0.25, 0.3) is 5.91 Å². The van der Waals surface area contributed by atoms with E-state index in [1.807, 2.05) is 13.0 Å². The number of urea groups is 1. The van der Waals surface area contributed by atoms with E-state index in [1.54, 1.807) is 67.8 Å². The highest BCUT2D eigenvalue weighted by Crippen LogP contribution is 2.34. The van der Waals surface area contributed by atoms with Gasteiger partial charge in [0.05, 0.1) is 12.0 Å². The monoisotopic (exact) mass is 539 g/mol. The highest BCUT2D eigenvalue weighted by atomic mass is 35.5. The molecule has 0 bridgehead atoms. The van der Waals surface area contributed by atoms with Crippen LogP contribution in [0.1, 0.15) is 30.5 Å². The first-order valence-electron chi connectivity index (χ1n) is 11.8. The molecular weight excluding hydrogens is 513 g/mol. The fraction of sp³-hybridized carbons (Fsp3) is 0.259. The van der Waals surface area contributed by atoms with Gasteiger partial charge in [-0.15, -0.1) is 0 Å². The fourth-order valence-corrected chi connectivity index (χ4v) is 4.89. The smallest absolute Gasteiger partial charge is 0.325 e. The van der Waals surface area contributed by atoms with Crippen molar-refractivity contribution >= 4 is 52.6 Å². The number of nitrogen functional groups attached to an aromatic ring is 1. The van der Waals surface area contributed by atoms with Crippen LogP contribution in [0.5, 0.6) is 0 Å². The van der Waals surface area contributed by atoms with E-state index in [0.717, 1.165) is 16.0 Å². The molecule has 0 spiro atoms. The largest absolute Gasteiger partial charge is 0.384 e. The average molecular weight is 540 g/mol. The molecule has 1 aromatic heterocycles. The molecule has 1 aliphatic rings. The number of likely N-dealkylation sites (N-methyl/N-ethyl adjacent to an activating group) is 1. The first-order valence-corrected chi connectivity index (χ1v) is 12.6. The van der Waals surface area contributed by atoms with E-state index in [1.165, 1.54) is 4.90 Å². The van der Waals surface area contributed by atoms with Gasteiger partial charge in [-0.2, -0.15) is 0 Å². The fourth-order valence-electron chi connectivity index (χ4n) is 4.51. The molecule has 0 saturated carbocycles. The van der Waals surface area contributed by atoms with Gasteiger partial charge in [0, 0.05) is 29.0 Å². The van der Waals surface area contributed by atoms with Gasteiger partial charge in [0.15, 0.2) is 0 Å². The van der Waals surface area contributed by atoms with E-state index in [9.17, 15) is 14.4 Å². The molecule has 10 heteroatoms. The Labute approximate surface area is 225 Å². The highest BCUT2D eigenvalue weighted by molar-refractivity contribution is 6.31. The average Bonchev–Trinajstić information content (AvgIpc) is 2.87. The lowest BCUT2D eigenvalue weighted by molar-refractivity contribution is -0.156. The van der Waals surface area contributed by atoms with Crippen LogP contribution in [0.4, 0.5) is 16.3 Å². The number of halogens is 2. The molecule has 2 aromatic carbocycles. The number of anilines is 2. The van der Waals surface area contributed by atoms with E-state index in [0.29, 0.717) is 28.0 Å². The molecule has 3 N–H and O–H groups in total. The van der Waals surface area contributed by atoms with Crippen LogP contribution in [-0.4, -0.2) is 40.8 Å². The predicted octanol–water partition coefficient (Wildman–Crippen LogP) is 4.86. The molecule has 3 atom stereocenters. The maximum Gasteiger partial charge on any atom is 0.325 e. The number of nitrogens with one attached hydrogen (secondary N) is 1. The number of aromatic nitrogens is 1. The van der Waals surface area contributed by atoms with Crippen molar-refractivity contribution in [1.29, 1.82) is 0 Å². The maximum atomic E-state index is 13.7. The SMILES string of the molecule is CC[C@@H](NC(=O)N1C(=O)C(Cc2ccnc(N)c2)[C@H]1C(=O)N(C)c1cccc(Cl)c1)c1cccc(Cl)c1. The third kappa shape index (κ3) is 5.70. The Morgan fingerprint density at radius 3 is 2.46 bits per heavy atom. The zero-order valence-corrected chi connectivity index (χ0v) is 21.9. The predicted molar refractivity (Wildman–Crippen MR) is 144 cm³/mol. The van der Waals surface area contributed by atoms with E-state index >= 15 is 0 Å². The molecule has 1 fully saturated rings. The van der Waals surface area contributed by atoms with Gasteiger partial charge < -0.3 is 16.0 Å². The van der Waals surface area contributed by atoms with Crippen LogP contribution in [0.15, 0.2) is 66.9 Å². The lowest BCUT2D eigenvalue weighted by atomic mass is 9.81. The van der Waals surface area contributed by atoms with E-state index < -0.39 is 29.8 Å². The number of pyridine rings is 1. The number of nitrogens with two attached hydrogens (primary N) is 1. The summed E-state index contributed by atoms with van der Waals surface area (Å²) in [4.78, 5) is 46.8. The maximum absolute atomic E-state index is 13.7. The summed E-state index contributed by atoms with van der Waals surface area (Å²) in [5, 5.41) is 3.90. The van der Waals surface area contributed by atoms with E-state index in [2.05, 4.69) is 10.3 Å². The summed E-state index contributed by atoms with van der Waals surface area (Å²) in [7, 11) is 1.59. The summed E-state index contributed by atoms with van der Waals surface area (Å²) in [6.07, 6.45) is 2.35. The number of β-lactam (4-membered cyclic amide) rings is 1. The summed E-state index contributed by atoms with van der Waals surface area (Å²) in [5.74, 6) is -1.27. The molecule has 1 aliphatic heterocycles. The third-order valence-electron chi connectivity index (χ3n) is 6.47. The minimum atomic E-state index is -1.01. The molecule has 4 rings (SSSR count). The number of likely N-dealkylation sites (tertiary alicyclic amines) is 1. The number of amides is 4. The second-order valence-electron chi connectivity index (χ2n) is 8.90. The van der Waals surface area contributed by atoms with Gasteiger partial charge >= 0.3 is 6.03 Å². The zero-order chi connectivity index (χ0) is 26.7. The number of imide groups is 1. The summed E-state index contributed by atoms with van der Waals surface area (Å²) in [6.45, 7) is 1.91. The molecular formula is C27H27Cl2N5O3. The summed E-state index contributed by atoms with van der Waals surface area (Å²) in [5.41, 5.74) is 7.91. The van der Waals surface area contributed by atoms with Crippen molar-refractivity contribution < 1.29 is 14.4 Å². The molecule has 4 amide bonds. The van der Waals surface area contributed by atoms with Crippen LogP contribution in [-0.2, 0) is 16.0 Å². The Morgan fingerprint density at radius 2 is 1.81 bits per heavy atom. The van der Waals surface area contributed by atoms with Crippen LogP contribution >= 0.6 is 23.2 Å². The third-order valence-corrected chi connectivity index (χ3v) is 6.94. The molecule has 0 radical (unpaired) electrons. The topological polar surface area (TPSA) is 109 Å². The van der Waals surface area contributed by atoms with E-state index in [4.69, 9.17) is 28.9 Å². The van der Waals surface area contributed by atoms with Crippen LogP contribution < -0.4 is 16.0 Å². The minimum Gasteiger partial charge on any atom is -0.384 e. The van der Waals surface area contributed by atoms with Gasteiger partial charge in [-0.1, -0.05) is 48.3 Å². The summed E-state index contributed by atoms with van der Waals surface area (Å²) in [6, 6.07) is 15.3. The van der Waals surface area contributed by atoms with Crippen LogP contribution in [0, 0.1) is 5.92 Å². The second kappa shape index (κ2) is 11.2. The van der Waals surface area contributed by atoms with Crippen molar-refractivity contribution in [3.63, 3.8) is 0 Å². The highest BCUT2D eigenvalue weighted by Gasteiger charge is 2.55. The standard InChI is InChI=1S/C27H27Cl2N5O3/c1-3-22(17-6-4-7-18(28)14-17)32-27(37)34-24(26(36)33(2)20-9-5-8-19(29)15-20)21(25(34)35)12-16-10-11-31-23(30)13-16/h4-11,13-15,21-22,24H,3,12H2,1-2H3,(H2,30,31)(H,32,37)/t21?,22-,24+/m1/s1. The molecule has 3 aromatic rings. The van der Waals surface area contributed by atoms with Gasteiger partial charge in [-0.25, -0.2) is 9.78 Å². The Hall–Kier alpha value is -3.62. The molecule has 2 heterocycles. The van der Waals surface area contributed by atoms with Gasteiger partial charge in [0.2, 0.25) is 5.91 Å². The van der Waals surface area contributed by atoms with Crippen LogP contribution in [0.3, 0.4) is 0 Å². The minimum absolute atomic E-state index is 0.237. The molecule has 0 aliphatic carbocycles. The lowest BCUT2D eigenvalue weighted by Crippen LogP contribution is -2.70. The van der Waals surface area contributed by atoms with Crippen molar-refractivity contribution in [2.75, 3.05) is 17.7 Å². The number of hydrogen-bond acceptors (Lipinski definition) is 5. The van der Waals surface area contributed by atoms with E-state index in [-0.39, 0.29) is 12.5 Å². The molecule has 192 valence electrons. The first kappa shape index (κ1) is 26.4. The Morgan fingerprint density at radius 1 is 1.11 bits per heavy atom. The number of carbonyl (C=O) groups excluding carboxylic acids is 3. The van der Waals surface area contributed by atoms with Crippen molar-refractivity contribution in [3.05, 3.63) is 88.0 Å². The Bertz CT molecular complexity index is 1330. The Kier molecular flexibility index (Phi) is 8.00. The number of rotatable bonds is 7. The second-order valence-corrected chi connectivity index (χ2v) is 9.77. The molecule has 1 unspecified atom stereocenters. The molecule has 37 heavy (non-hydrogen) atoms. The number of benzene rings is 2. The van der Waals surface area contributed by atoms with Crippen molar-refractivity contribution in [2.24, 2.45) is 5.92 Å². The quantitative estimate of drug-likeness (QED) is 0.416. The summed E-state index contributed by atoms with van der Waals surface area (Å²) >= 11 is 12.3. The first-order chi connectivity index (χ1) is 17.7. The van der Waals surface area contributed by atoms with Crippen molar-refractivity contribution in [1.82, 2.24) is 15.2 Å². The molecule has 8 nitrogen and oxygen atoms in total. The Balaban J connectivity index is 1.61. The van der Waals surface area contributed by atoms with Gasteiger partial charge in [0.1, 0.15) is 11.9 Å². The van der Waals surface area contributed by atoms with Crippen LogP contribution in [0.25, 0.3) is 0 Å². The lowest BCUT2D eigenvalue weighted by Gasteiger charge is -2.46. The summed E-state index contributed by atoms with van der Waals surface area (Å²) < 4.78 is 0. The number of carbonyl (C=O) groups is 3. The normalized spacial score (nSPS) is 17.6.